The Morgan fingerprint density at radius 3 is 2.61 bits per heavy atom. The molecule has 1 atom stereocenters. The lowest BCUT2D eigenvalue weighted by atomic mass is 10.1. The number of carbonyl (C=O) groups is 1. The predicted molar refractivity (Wildman–Crippen MR) is 120 cm³/mol. The lowest BCUT2D eigenvalue weighted by molar-refractivity contribution is -0.115. The van der Waals surface area contributed by atoms with Gasteiger partial charge in [0, 0.05) is 11.1 Å². The van der Waals surface area contributed by atoms with Crippen molar-refractivity contribution in [2.45, 2.75) is 16.5 Å². The third kappa shape index (κ3) is 4.01. The number of thioether (sulfide) groups is 1. The van der Waals surface area contributed by atoms with Crippen LogP contribution in [0, 0.1) is 3.95 Å². The van der Waals surface area contributed by atoms with E-state index in [4.69, 9.17) is 12.2 Å². The molecule has 0 radical (unpaired) electrons. The molecule has 140 valence electrons. The minimum atomic E-state index is -0.302. The van der Waals surface area contributed by atoms with Gasteiger partial charge in [0.1, 0.15) is 0 Å². The highest BCUT2D eigenvalue weighted by atomic mass is 32.2. The van der Waals surface area contributed by atoms with E-state index >= 15 is 0 Å². The third-order valence-electron chi connectivity index (χ3n) is 4.22. The van der Waals surface area contributed by atoms with Crippen LogP contribution in [0.4, 0.5) is 5.69 Å². The molecule has 0 aliphatic rings. The van der Waals surface area contributed by atoms with Gasteiger partial charge in [0.2, 0.25) is 5.91 Å². The van der Waals surface area contributed by atoms with Crippen LogP contribution in [0.2, 0.25) is 0 Å². The van der Waals surface area contributed by atoms with Crippen LogP contribution in [0.3, 0.4) is 0 Å². The van der Waals surface area contributed by atoms with E-state index in [0.717, 1.165) is 26.5 Å². The molecule has 0 fully saturated rings. The van der Waals surface area contributed by atoms with Crippen molar-refractivity contribution >= 4 is 57.7 Å². The van der Waals surface area contributed by atoms with Gasteiger partial charge in [-0.15, -0.1) is 5.10 Å². The maximum absolute atomic E-state index is 12.7. The van der Waals surface area contributed by atoms with Crippen molar-refractivity contribution in [3.8, 4) is 5.69 Å². The van der Waals surface area contributed by atoms with E-state index in [2.05, 4.69) is 10.4 Å². The van der Waals surface area contributed by atoms with Crippen LogP contribution >= 0.6 is 35.3 Å². The van der Waals surface area contributed by atoms with Gasteiger partial charge in [-0.1, -0.05) is 77.7 Å². The highest BCUT2D eigenvalue weighted by Gasteiger charge is 2.18. The number of hydrogen-bond acceptors (Lipinski definition) is 5. The molecule has 4 aromatic rings. The molecule has 0 aliphatic heterocycles. The quantitative estimate of drug-likeness (QED) is 0.319. The van der Waals surface area contributed by atoms with E-state index < -0.39 is 0 Å². The Labute approximate surface area is 176 Å². The molecule has 28 heavy (non-hydrogen) atoms. The zero-order chi connectivity index (χ0) is 19.5. The second-order valence-corrected chi connectivity index (χ2v) is 9.37. The molecule has 4 rings (SSSR count). The first-order chi connectivity index (χ1) is 13.6. The summed E-state index contributed by atoms with van der Waals surface area (Å²) in [5.41, 5.74) is 1.74. The standard InChI is InChI=1S/C21H17N3OS3/c1-14(19(25)22-18-13-7-9-15-8-5-6-12-17(15)18)27-20-23-24(21(26)28-20)16-10-3-2-4-11-16/h2-14H,1H3,(H,22,25). The smallest absolute Gasteiger partial charge is 0.237 e. The lowest BCUT2D eigenvalue weighted by Gasteiger charge is -2.12. The number of nitrogens with zero attached hydrogens (tertiary/aromatic N) is 2. The Morgan fingerprint density at radius 2 is 1.79 bits per heavy atom. The first-order valence-corrected chi connectivity index (χ1v) is 10.8. The van der Waals surface area contributed by atoms with Crippen LogP contribution in [0.1, 0.15) is 6.92 Å². The van der Waals surface area contributed by atoms with Crippen molar-refractivity contribution in [1.29, 1.82) is 0 Å². The molecule has 0 aliphatic carbocycles. The number of para-hydroxylation sites is 1. The van der Waals surface area contributed by atoms with Crippen molar-refractivity contribution in [1.82, 2.24) is 9.78 Å². The highest BCUT2D eigenvalue weighted by molar-refractivity contribution is 8.02. The van der Waals surface area contributed by atoms with Crippen molar-refractivity contribution in [2.24, 2.45) is 0 Å². The molecule has 0 bridgehead atoms. The lowest BCUT2D eigenvalue weighted by Crippen LogP contribution is -2.22. The molecule has 0 spiro atoms. The number of hydrogen-bond donors (Lipinski definition) is 1. The number of nitrogens with one attached hydrogen (secondary N) is 1. The SMILES string of the molecule is CC(Sc1nn(-c2ccccc2)c(=S)s1)C(=O)Nc1cccc2ccccc12. The van der Waals surface area contributed by atoms with E-state index in [1.54, 1.807) is 4.68 Å². The van der Waals surface area contributed by atoms with Gasteiger partial charge in [0.05, 0.1) is 10.9 Å². The molecular formula is C21H17N3OS3. The normalized spacial score (nSPS) is 12.0. The predicted octanol–water partition coefficient (Wildman–Crippen LogP) is 5.94. The van der Waals surface area contributed by atoms with Crippen LogP contribution in [0.15, 0.2) is 77.1 Å². The average molecular weight is 424 g/mol. The molecule has 1 amide bonds. The van der Waals surface area contributed by atoms with Gasteiger partial charge in [-0.25, -0.2) is 4.68 Å². The van der Waals surface area contributed by atoms with Crippen molar-refractivity contribution < 1.29 is 4.79 Å². The minimum Gasteiger partial charge on any atom is -0.325 e. The van der Waals surface area contributed by atoms with Crippen LogP contribution in [0.5, 0.6) is 0 Å². The first kappa shape index (κ1) is 18.9. The van der Waals surface area contributed by atoms with E-state index in [1.165, 1.54) is 23.1 Å². The zero-order valence-electron chi connectivity index (χ0n) is 15.0. The number of anilines is 1. The van der Waals surface area contributed by atoms with Crippen molar-refractivity contribution in [3.05, 3.63) is 76.8 Å². The van der Waals surface area contributed by atoms with Gasteiger partial charge in [0.15, 0.2) is 8.29 Å². The number of rotatable bonds is 5. The fraction of sp³-hybridized carbons (Fsp3) is 0.0952. The second-order valence-electron chi connectivity index (χ2n) is 6.16. The molecule has 1 unspecified atom stereocenters. The van der Waals surface area contributed by atoms with Gasteiger partial charge < -0.3 is 5.32 Å². The monoisotopic (exact) mass is 423 g/mol. The van der Waals surface area contributed by atoms with Gasteiger partial charge in [-0.2, -0.15) is 0 Å². The topological polar surface area (TPSA) is 46.9 Å². The van der Waals surface area contributed by atoms with Gasteiger partial charge in [0.25, 0.3) is 0 Å². The zero-order valence-corrected chi connectivity index (χ0v) is 17.5. The van der Waals surface area contributed by atoms with Crippen LogP contribution in [-0.4, -0.2) is 20.9 Å². The molecule has 7 heteroatoms. The summed E-state index contributed by atoms with van der Waals surface area (Å²) in [5.74, 6) is -0.0614. The number of aromatic nitrogens is 2. The molecule has 3 aromatic carbocycles. The maximum atomic E-state index is 12.7. The average Bonchev–Trinajstić information content (AvgIpc) is 3.09. The van der Waals surface area contributed by atoms with E-state index in [-0.39, 0.29) is 11.2 Å². The van der Waals surface area contributed by atoms with Crippen LogP contribution in [0.25, 0.3) is 16.5 Å². The van der Waals surface area contributed by atoms with Crippen LogP contribution < -0.4 is 5.32 Å². The summed E-state index contributed by atoms with van der Waals surface area (Å²) in [6.45, 7) is 1.88. The van der Waals surface area contributed by atoms with E-state index in [1.807, 2.05) is 79.7 Å². The molecular weight excluding hydrogens is 406 g/mol. The minimum absolute atomic E-state index is 0.0614. The fourth-order valence-electron chi connectivity index (χ4n) is 2.81. The summed E-state index contributed by atoms with van der Waals surface area (Å²) >= 11 is 8.26. The van der Waals surface area contributed by atoms with E-state index in [0.29, 0.717) is 3.95 Å². The molecule has 1 aromatic heterocycles. The molecule has 4 nitrogen and oxygen atoms in total. The first-order valence-electron chi connectivity index (χ1n) is 8.73. The number of benzene rings is 3. The van der Waals surface area contributed by atoms with Gasteiger partial charge >= 0.3 is 0 Å². The van der Waals surface area contributed by atoms with Crippen molar-refractivity contribution in [3.63, 3.8) is 0 Å². The fourth-order valence-corrected chi connectivity index (χ4v) is 5.32. The second kappa shape index (κ2) is 8.26. The summed E-state index contributed by atoms with van der Waals surface area (Å²) in [6.07, 6.45) is 0. The highest BCUT2D eigenvalue weighted by Crippen LogP contribution is 2.29. The molecule has 0 saturated heterocycles. The summed E-state index contributed by atoms with van der Waals surface area (Å²) < 4.78 is 3.17. The van der Waals surface area contributed by atoms with Gasteiger partial charge in [-0.05, 0) is 42.7 Å². The summed E-state index contributed by atoms with van der Waals surface area (Å²) in [6, 6.07) is 23.7. The van der Waals surface area contributed by atoms with Crippen LogP contribution in [-0.2, 0) is 4.79 Å². The van der Waals surface area contributed by atoms with E-state index in [9.17, 15) is 4.79 Å². The Balaban J connectivity index is 1.50. The Morgan fingerprint density at radius 1 is 1.07 bits per heavy atom. The largest absolute Gasteiger partial charge is 0.325 e. The Bertz CT molecular complexity index is 1180. The van der Waals surface area contributed by atoms with Crippen molar-refractivity contribution in [2.75, 3.05) is 5.32 Å². The number of carbonyl (C=O) groups excluding carboxylic acids is 1. The molecule has 0 saturated carbocycles. The molecule has 1 N–H and O–H groups in total. The summed E-state index contributed by atoms with van der Waals surface area (Å²) in [7, 11) is 0. The molecule has 1 heterocycles. The number of amides is 1. The number of fused-ring (bicyclic) bond motifs is 1. The summed E-state index contributed by atoms with van der Waals surface area (Å²) in [4.78, 5) is 12.7. The third-order valence-corrected chi connectivity index (χ3v) is 6.64. The maximum Gasteiger partial charge on any atom is 0.237 e. The van der Waals surface area contributed by atoms with Gasteiger partial charge in [-0.3, -0.25) is 4.79 Å². The summed E-state index contributed by atoms with van der Waals surface area (Å²) in [5, 5.41) is 9.44. The Hall–Kier alpha value is -2.48. The Kier molecular flexibility index (Phi) is 5.57.